The maximum atomic E-state index is 17.1. The van der Waals surface area contributed by atoms with Gasteiger partial charge in [-0.1, -0.05) is 26.8 Å². The average Bonchev–Trinajstić information content (AvgIpc) is 2.95. The fourth-order valence-electron chi connectivity index (χ4n) is 7.59. The zero-order valence-corrected chi connectivity index (χ0v) is 19.9. The summed E-state index contributed by atoms with van der Waals surface area (Å²) in [5.41, 5.74) is -7.89. The highest BCUT2D eigenvalue weighted by molar-refractivity contribution is 7.96. The third-order valence-electron chi connectivity index (χ3n) is 9.13. The first kappa shape index (κ1) is 24.5. The van der Waals surface area contributed by atoms with Gasteiger partial charge in [0.15, 0.2) is 17.1 Å². The summed E-state index contributed by atoms with van der Waals surface area (Å²) in [4.78, 5) is 37.1. The fraction of sp³-hybridized carbons (Fsp3) is 0.708. The molecule has 0 heterocycles. The van der Waals surface area contributed by atoms with E-state index in [0.717, 1.165) is 12.2 Å². The summed E-state index contributed by atoms with van der Waals surface area (Å²) in [6, 6.07) is 0. The Kier molecular flexibility index (Phi) is 5.53. The average molecular weight is 487 g/mol. The molecule has 0 aromatic heterocycles. The number of ketones is 1. The smallest absolute Gasteiger partial charge is 0.306 e. The number of alkyl halides is 2. The van der Waals surface area contributed by atoms with Crippen LogP contribution < -0.4 is 0 Å². The van der Waals surface area contributed by atoms with Crippen LogP contribution in [0.15, 0.2) is 23.6 Å². The van der Waals surface area contributed by atoms with Crippen LogP contribution in [0.3, 0.4) is 0 Å². The van der Waals surface area contributed by atoms with E-state index in [1.807, 2.05) is 0 Å². The molecule has 0 aromatic carbocycles. The van der Waals surface area contributed by atoms with Crippen LogP contribution >= 0.6 is 12.6 Å². The van der Waals surface area contributed by atoms with Gasteiger partial charge in [-0.25, -0.2) is 13.2 Å². The van der Waals surface area contributed by atoms with Crippen molar-refractivity contribution in [3.63, 3.8) is 0 Å². The number of hydrogen-bond acceptors (Lipinski definition) is 5. The zero-order valence-electron chi connectivity index (χ0n) is 19.0. The van der Waals surface area contributed by atoms with Gasteiger partial charge in [-0.2, -0.15) is 0 Å². The molecule has 0 bridgehead atoms. The molecule has 182 valence electrons. The van der Waals surface area contributed by atoms with Crippen molar-refractivity contribution in [2.24, 2.45) is 28.6 Å². The summed E-state index contributed by atoms with van der Waals surface area (Å²) in [5.74, 6) is -5.31. The minimum Gasteiger partial charge on any atom is -0.449 e. The summed E-state index contributed by atoms with van der Waals surface area (Å²) < 4.78 is 53.1. The van der Waals surface area contributed by atoms with Gasteiger partial charge < -0.3 is 9.84 Å². The largest absolute Gasteiger partial charge is 0.449 e. The molecular formula is C24H29F3O5S. The molecule has 9 heteroatoms. The third-order valence-corrected chi connectivity index (χ3v) is 9.46. The molecule has 5 nitrogen and oxygen atoms in total. The normalized spacial score (nSPS) is 48.8. The maximum Gasteiger partial charge on any atom is 0.306 e. The fourth-order valence-corrected chi connectivity index (χ4v) is 8.11. The van der Waals surface area contributed by atoms with E-state index in [2.05, 4.69) is 12.6 Å². The van der Waals surface area contributed by atoms with Gasteiger partial charge in [-0.05, 0) is 38.2 Å². The van der Waals surface area contributed by atoms with Crippen LogP contribution in [0.4, 0.5) is 13.2 Å². The molecular weight excluding hydrogens is 457 g/mol. The number of fused-ring (bicyclic) bond motifs is 5. The van der Waals surface area contributed by atoms with Crippen molar-refractivity contribution < 1.29 is 37.4 Å². The molecule has 4 aliphatic rings. The van der Waals surface area contributed by atoms with Gasteiger partial charge >= 0.3 is 5.97 Å². The Morgan fingerprint density at radius 1 is 1.27 bits per heavy atom. The van der Waals surface area contributed by atoms with E-state index in [-0.39, 0.29) is 19.3 Å². The van der Waals surface area contributed by atoms with Crippen molar-refractivity contribution in [1.29, 1.82) is 0 Å². The number of carbonyl (C=O) groups excluding carboxylic acids is 3. The second kappa shape index (κ2) is 7.44. The predicted octanol–water partition coefficient (Wildman–Crippen LogP) is 4.00. The molecule has 9 atom stereocenters. The van der Waals surface area contributed by atoms with E-state index in [0.29, 0.717) is 0 Å². The Bertz CT molecular complexity index is 997. The number of allylic oxidation sites excluding steroid dienone is 4. The van der Waals surface area contributed by atoms with E-state index in [1.165, 1.54) is 6.92 Å². The molecule has 0 saturated heterocycles. The lowest BCUT2D eigenvalue weighted by atomic mass is 9.44. The topological polar surface area (TPSA) is 80.7 Å². The lowest BCUT2D eigenvalue weighted by Crippen LogP contribution is -2.70. The van der Waals surface area contributed by atoms with Crippen molar-refractivity contribution in [2.75, 3.05) is 0 Å². The Morgan fingerprint density at radius 3 is 2.48 bits per heavy atom. The van der Waals surface area contributed by atoms with Crippen molar-refractivity contribution >= 4 is 29.5 Å². The summed E-state index contributed by atoms with van der Waals surface area (Å²) in [7, 11) is 0. The van der Waals surface area contributed by atoms with Crippen molar-refractivity contribution in [1.82, 2.24) is 0 Å². The number of aliphatic hydroxyl groups excluding tert-OH is 1. The molecule has 0 aliphatic heterocycles. The first-order valence-electron chi connectivity index (χ1n) is 11.3. The molecule has 0 amide bonds. The van der Waals surface area contributed by atoms with Crippen LogP contribution in [-0.4, -0.2) is 45.5 Å². The lowest BCUT2D eigenvalue weighted by Gasteiger charge is -2.63. The molecule has 3 fully saturated rings. The molecule has 3 saturated carbocycles. The van der Waals surface area contributed by atoms with Crippen LogP contribution in [-0.2, 0) is 19.1 Å². The molecule has 33 heavy (non-hydrogen) atoms. The van der Waals surface area contributed by atoms with E-state index in [9.17, 15) is 23.9 Å². The number of halogens is 3. The second-order valence-electron chi connectivity index (χ2n) is 10.5. The highest BCUT2D eigenvalue weighted by atomic mass is 32.1. The monoisotopic (exact) mass is 486 g/mol. The predicted molar refractivity (Wildman–Crippen MR) is 116 cm³/mol. The highest BCUT2D eigenvalue weighted by Gasteiger charge is 2.78. The Balaban J connectivity index is 1.89. The van der Waals surface area contributed by atoms with E-state index < -0.39 is 86.8 Å². The Morgan fingerprint density at radius 2 is 1.91 bits per heavy atom. The summed E-state index contributed by atoms with van der Waals surface area (Å²) in [6.45, 7) is 6.24. The van der Waals surface area contributed by atoms with Crippen LogP contribution in [0.5, 0.6) is 0 Å². The van der Waals surface area contributed by atoms with Crippen LogP contribution in [0, 0.1) is 28.6 Å². The van der Waals surface area contributed by atoms with Crippen LogP contribution in [0.2, 0.25) is 0 Å². The van der Waals surface area contributed by atoms with Crippen LogP contribution in [0.25, 0.3) is 0 Å². The van der Waals surface area contributed by atoms with E-state index in [1.54, 1.807) is 20.8 Å². The number of carbonyl (C=O) groups is 3. The summed E-state index contributed by atoms with van der Waals surface area (Å²) in [5, 5.41) is 10.6. The quantitative estimate of drug-likeness (QED) is 0.466. The molecule has 0 spiro atoms. The van der Waals surface area contributed by atoms with Crippen molar-refractivity contribution in [3.8, 4) is 0 Å². The Labute approximate surface area is 196 Å². The summed E-state index contributed by atoms with van der Waals surface area (Å²) in [6.07, 6.45) is -2.13. The number of aliphatic hydroxyl groups is 1. The number of thiol groups is 1. The highest BCUT2D eigenvalue weighted by Crippen LogP contribution is 2.72. The van der Waals surface area contributed by atoms with Gasteiger partial charge in [0.2, 0.25) is 10.9 Å². The molecule has 0 aromatic rings. The van der Waals surface area contributed by atoms with Gasteiger partial charge in [-0.15, -0.1) is 12.6 Å². The number of hydrogen-bond donors (Lipinski definition) is 2. The first-order valence-corrected chi connectivity index (χ1v) is 11.8. The second-order valence-corrected chi connectivity index (χ2v) is 10.9. The zero-order chi connectivity index (χ0) is 24.7. The van der Waals surface area contributed by atoms with E-state index in [4.69, 9.17) is 4.74 Å². The molecule has 0 unspecified atom stereocenters. The van der Waals surface area contributed by atoms with Crippen molar-refractivity contribution in [2.45, 2.75) is 76.9 Å². The molecule has 1 N–H and O–H groups in total. The SMILES string of the molecule is CCC(=O)O[C@]1(C(=O)S)[C@@H](C)C[C@H]2[C@@H]3C[C@H](F)C4=C(F)C(=O)C=C[C@]4(C)[C@@]3(F)[C@@H](O)C[C@@]21C. The first-order chi connectivity index (χ1) is 15.2. The van der Waals surface area contributed by atoms with Gasteiger partial charge in [0, 0.05) is 34.7 Å². The third kappa shape index (κ3) is 2.75. The number of esters is 1. The van der Waals surface area contributed by atoms with Gasteiger partial charge in [0.05, 0.1) is 6.10 Å². The molecule has 0 radical (unpaired) electrons. The van der Waals surface area contributed by atoms with Gasteiger partial charge in [0.25, 0.3) is 0 Å². The van der Waals surface area contributed by atoms with Gasteiger partial charge in [0.1, 0.15) is 6.17 Å². The number of ether oxygens (including phenoxy) is 1. The lowest BCUT2D eigenvalue weighted by molar-refractivity contribution is -0.228. The Hall–Kier alpha value is -1.61. The van der Waals surface area contributed by atoms with Crippen molar-refractivity contribution in [3.05, 3.63) is 23.6 Å². The standard InChI is InChI=1S/C24H29F3O5S/c1-5-17(30)32-24(20(31)33)11(2)8-12-13-9-14(25)18-19(26)15(28)6-7-21(18,3)23(13,27)16(29)10-22(12,24)4/h6-7,11-14,16,29H,5,8-10H2,1-4H3,(H,31,33)/t11-,12-,13-,14-,16-,21-,22-,23-,24-/m0/s1. The van der Waals surface area contributed by atoms with Gasteiger partial charge in [-0.3, -0.25) is 14.4 Å². The number of rotatable bonds is 3. The minimum atomic E-state index is -2.49. The van der Waals surface area contributed by atoms with E-state index >= 15 is 8.78 Å². The van der Waals surface area contributed by atoms with Crippen LogP contribution in [0.1, 0.15) is 53.4 Å². The molecule has 4 aliphatic carbocycles. The molecule has 4 rings (SSSR count). The summed E-state index contributed by atoms with van der Waals surface area (Å²) >= 11 is 4.05. The maximum absolute atomic E-state index is 17.1. The minimum absolute atomic E-state index is 0.00614.